The van der Waals surface area contributed by atoms with Gasteiger partial charge in [-0.1, -0.05) is 0 Å². The Labute approximate surface area is 160 Å². The fraction of sp³-hybridized carbons (Fsp3) is 0.263. The van der Waals surface area contributed by atoms with Gasteiger partial charge in [0.2, 0.25) is 0 Å². The average molecular weight is 392 g/mol. The number of aliphatic hydroxyl groups is 1. The molecular weight excluding hydrogens is 372 g/mol. The summed E-state index contributed by atoms with van der Waals surface area (Å²) >= 11 is 0. The molecule has 0 aliphatic carbocycles. The number of aromatic hydroxyl groups is 2. The van der Waals surface area contributed by atoms with Crippen LogP contribution in [0.3, 0.4) is 0 Å². The van der Waals surface area contributed by atoms with Crippen LogP contribution in [0, 0.1) is 0 Å². The van der Waals surface area contributed by atoms with Gasteiger partial charge in [-0.25, -0.2) is 9.59 Å². The Hall–Kier alpha value is -3.46. The van der Waals surface area contributed by atoms with Crippen molar-refractivity contribution < 1.29 is 43.9 Å². The predicted octanol–water partition coefficient (Wildman–Crippen LogP) is 1.49. The van der Waals surface area contributed by atoms with Crippen molar-refractivity contribution in [2.75, 3.05) is 27.4 Å². The minimum atomic E-state index is -1.24. The van der Waals surface area contributed by atoms with E-state index in [1.54, 1.807) is 0 Å². The second kappa shape index (κ2) is 9.47. The third-order valence-corrected chi connectivity index (χ3v) is 3.64. The zero-order valence-electron chi connectivity index (χ0n) is 15.2. The highest BCUT2D eigenvalue weighted by Crippen LogP contribution is 2.27. The predicted molar refractivity (Wildman–Crippen MR) is 95.9 cm³/mol. The molecule has 3 N–H and O–H groups in total. The largest absolute Gasteiger partial charge is 0.504 e. The molecule has 0 heterocycles. The van der Waals surface area contributed by atoms with Gasteiger partial charge in [-0.2, -0.15) is 0 Å². The van der Waals surface area contributed by atoms with Gasteiger partial charge in [0.05, 0.1) is 25.3 Å². The summed E-state index contributed by atoms with van der Waals surface area (Å²) in [5.41, 5.74) is 0.241. The number of ether oxygens (including phenoxy) is 4. The Morgan fingerprint density at radius 2 is 1.21 bits per heavy atom. The molecule has 9 nitrogen and oxygen atoms in total. The lowest BCUT2D eigenvalue weighted by molar-refractivity contribution is -0.00472. The number of hydrogen-bond acceptors (Lipinski definition) is 9. The van der Waals surface area contributed by atoms with Crippen LogP contribution in [-0.4, -0.2) is 60.8 Å². The van der Waals surface area contributed by atoms with Gasteiger partial charge in [0.15, 0.2) is 23.0 Å². The first kappa shape index (κ1) is 20.8. The number of phenols is 2. The molecule has 0 fully saturated rings. The lowest BCUT2D eigenvalue weighted by atomic mass is 10.2. The second-order valence-corrected chi connectivity index (χ2v) is 5.62. The Bertz CT molecular complexity index is 778. The monoisotopic (exact) mass is 392 g/mol. The number of phenolic OH excluding ortho intramolecular Hbond substituents is 2. The summed E-state index contributed by atoms with van der Waals surface area (Å²) in [4.78, 5) is 23.9. The quantitative estimate of drug-likeness (QED) is 0.572. The molecule has 0 radical (unpaired) electrons. The zero-order valence-corrected chi connectivity index (χ0v) is 15.2. The van der Waals surface area contributed by atoms with Crippen molar-refractivity contribution in [3.8, 4) is 23.0 Å². The first-order valence-electron chi connectivity index (χ1n) is 8.12. The fourth-order valence-electron chi connectivity index (χ4n) is 2.17. The number of rotatable bonds is 8. The van der Waals surface area contributed by atoms with Crippen molar-refractivity contribution in [3.05, 3.63) is 47.5 Å². The molecule has 150 valence electrons. The van der Waals surface area contributed by atoms with E-state index in [0.29, 0.717) is 0 Å². The molecule has 9 heteroatoms. The van der Waals surface area contributed by atoms with Crippen LogP contribution >= 0.6 is 0 Å². The average Bonchev–Trinajstić information content (AvgIpc) is 2.70. The standard InChI is InChI=1S/C19H20O9/c1-25-16-7-11(3-5-14(16)21)18(23)27-9-13(20)10-28-19(24)12-4-6-15(22)17(8-12)26-2/h3-8,13,20-22H,9-10H2,1-2H3. The summed E-state index contributed by atoms with van der Waals surface area (Å²) in [5.74, 6) is -1.53. The molecule has 2 rings (SSSR count). The van der Waals surface area contributed by atoms with Gasteiger partial charge in [0.25, 0.3) is 0 Å². The molecule has 0 amide bonds. The van der Waals surface area contributed by atoms with E-state index >= 15 is 0 Å². The SMILES string of the molecule is COc1cc(C(=O)OCC(O)COC(=O)c2ccc(O)c(OC)c2)ccc1O. The Kier molecular flexibility index (Phi) is 7.05. The van der Waals surface area contributed by atoms with Gasteiger partial charge in [-0.3, -0.25) is 0 Å². The van der Waals surface area contributed by atoms with E-state index < -0.39 is 31.3 Å². The third kappa shape index (κ3) is 5.27. The number of aliphatic hydroxyl groups excluding tert-OH is 1. The van der Waals surface area contributed by atoms with E-state index in [9.17, 15) is 24.9 Å². The lowest BCUT2D eigenvalue weighted by Crippen LogP contribution is -2.25. The first-order valence-corrected chi connectivity index (χ1v) is 8.12. The molecule has 0 aromatic heterocycles. The van der Waals surface area contributed by atoms with Crippen molar-refractivity contribution in [3.63, 3.8) is 0 Å². The smallest absolute Gasteiger partial charge is 0.338 e. The van der Waals surface area contributed by atoms with Crippen LogP contribution in [0.2, 0.25) is 0 Å². The van der Waals surface area contributed by atoms with Crippen molar-refractivity contribution in [2.45, 2.75) is 6.10 Å². The molecule has 0 saturated heterocycles. The highest BCUT2D eigenvalue weighted by molar-refractivity contribution is 5.90. The number of esters is 2. The normalized spacial score (nSPS) is 10.4. The van der Waals surface area contributed by atoms with E-state index in [1.165, 1.54) is 50.6 Å². The molecular formula is C19H20O9. The molecule has 0 saturated carbocycles. The maximum Gasteiger partial charge on any atom is 0.338 e. The highest BCUT2D eigenvalue weighted by atomic mass is 16.6. The minimum Gasteiger partial charge on any atom is -0.504 e. The van der Waals surface area contributed by atoms with Crippen LogP contribution < -0.4 is 9.47 Å². The van der Waals surface area contributed by atoms with Gasteiger partial charge >= 0.3 is 11.9 Å². The van der Waals surface area contributed by atoms with E-state index in [2.05, 4.69) is 0 Å². The summed E-state index contributed by atoms with van der Waals surface area (Å²) in [6, 6.07) is 7.82. The number of methoxy groups -OCH3 is 2. The topological polar surface area (TPSA) is 132 Å². The molecule has 0 aliphatic heterocycles. The minimum absolute atomic E-state index is 0.105. The van der Waals surface area contributed by atoms with E-state index in [4.69, 9.17) is 18.9 Å². The fourth-order valence-corrected chi connectivity index (χ4v) is 2.17. The zero-order chi connectivity index (χ0) is 20.7. The number of benzene rings is 2. The van der Waals surface area contributed by atoms with E-state index in [0.717, 1.165) is 0 Å². The van der Waals surface area contributed by atoms with Crippen LogP contribution in [0.5, 0.6) is 23.0 Å². The summed E-state index contributed by atoms with van der Waals surface area (Å²) in [6.45, 7) is -0.817. The summed E-state index contributed by atoms with van der Waals surface area (Å²) < 4.78 is 19.7. The first-order chi connectivity index (χ1) is 13.3. The van der Waals surface area contributed by atoms with Gasteiger partial charge in [0, 0.05) is 0 Å². The molecule has 0 bridgehead atoms. The molecule has 0 unspecified atom stereocenters. The lowest BCUT2D eigenvalue weighted by Gasteiger charge is -2.13. The van der Waals surface area contributed by atoms with Gasteiger partial charge < -0.3 is 34.3 Å². The number of hydrogen-bond donors (Lipinski definition) is 3. The van der Waals surface area contributed by atoms with Crippen molar-refractivity contribution in [1.29, 1.82) is 0 Å². The van der Waals surface area contributed by atoms with E-state index in [1.807, 2.05) is 0 Å². The summed E-state index contributed by atoms with van der Waals surface area (Å²) in [7, 11) is 2.68. The summed E-state index contributed by atoms with van der Waals surface area (Å²) in [6.07, 6.45) is -1.24. The maximum atomic E-state index is 12.0. The molecule has 0 atom stereocenters. The van der Waals surface area contributed by atoms with Crippen LogP contribution in [0.4, 0.5) is 0 Å². The van der Waals surface area contributed by atoms with E-state index in [-0.39, 0.29) is 34.1 Å². The van der Waals surface area contributed by atoms with Crippen molar-refractivity contribution >= 4 is 11.9 Å². The molecule has 0 spiro atoms. The van der Waals surface area contributed by atoms with Gasteiger partial charge in [0.1, 0.15) is 19.3 Å². The Balaban J connectivity index is 1.84. The Morgan fingerprint density at radius 3 is 1.57 bits per heavy atom. The van der Waals surface area contributed by atoms with Gasteiger partial charge in [-0.05, 0) is 36.4 Å². The van der Waals surface area contributed by atoms with Crippen molar-refractivity contribution in [2.24, 2.45) is 0 Å². The van der Waals surface area contributed by atoms with Crippen molar-refractivity contribution in [1.82, 2.24) is 0 Å². The second-order valence-electron chi connectivity index (χ2n) is 5.62. The highest BCUT2D eigenvalue weighted by Gasteiger charge is 2.16. The van der Waals surface area contributed by atoms with Crippen LogP contribution in [0.1, 0.15) is 20.7 Å². The molecule has 0 aliphatic rings. The molecule has 2 aromatic carbocycles. The summed E-state index contributed by atoms with van der Waals surface area (Å²) in [5, 5.41) is 28.9. The Morgan fingerprint density at radius 1 is 0.821 bits per heavy atom. The number of carbonyl (C=O) groups is 2. The third-order valence-electron chi connectivity index (χ3n) is 3.64. The van der Waals surface area contributed by atoms with Crippen LogP contribution in [0.25, 0.3) is 0 Å². The molecule has 2 aromatic rings. The van der Waals surface area contributed by atoms with Crippen LogP contribution in [-0.2, 0) is 9.47 Å². The maximum absolute atomic E-state index is 12.0. The molecule has 28 heavy (non-hydrogen) atoms. The number of carbonyl (C=O) groups excluding carboxylic acids is 2. The van der Waals surface area contributed by atoms with Gasteiger partial charge in [-0.15, -0.1) is 0 Å². The van der Waals surface area contributed by atoms with Crippen LogP contribution in [0.15, 0.2) is 36.4 Å².